The quantitative estimate of drug-likeness (QED) is 0.771. The number of aryl methyl sites for hydroxylation is 1. The highest BCUT2D eigenvalue weighted by Gasteiger charge is 2.08. The van der Waals surface area contributed by atoms with Crippen LogP contribution in [-0.2, 0) is 19.6 Å². The number of benzene rings is 1. The third-order valence-corrected chi connectivity index (χ3v) is 3.58. The van der Waals surface area contributed by atoms with Crippen molar-refractivity contribution < 1.29 is 0 Å². The van der Waals surface area contributed by atoms with Crippen molar-refractivity contribution in [2.75, 3.05) is 7.05 Å². The van der Waals surface area contributed by atoms with E-state index in [0.717, 1.165) is 25.5 Å². The highest BCUT2D eigenvalue weighted by molar-refractivity contribution is 5.83. The molecule has 1 N–H and O–H groups in total. The summed E-state index contributed by atoms with van der Waals surface area (Å²) in [6, 6.07) is 8.60. The van der Waals surface area contributed by atoms with E-state index >= 15 is 0 Å². The van der Waals surface area contributed by atoms with Gasteiger partial charge in [-0.25, -0.2) is 9.67 Å². The van der Waals surface area contributed by atoms with Gasteiger partial charge in [0.15, 0.2) is 0 Å². The van der Waals surface area contributed by atoms with Crippen molar-refractivity contribution in [3.05, 3.63) is 48.2 Å². The molecular formula is C15H19N5. The molecule has 3 rings (SSSR count). The Balaban J connectivity index is 1.99. The second-order valence-corrected chi connectivity index (χ2v) is 4.82. The smallest absolute Gasteiger partial charge is 0.146 e. The third-order valence-electron chi connectivity index (χ3n) is 3.58. The molecule has 5 heteroatoms. The first-order valence-corrected chi connectivity index (χ1v) is 6.91. The highest BCUT2D eigenvalue weighted by atomic mass is 15.3. The van der Waals surface area contributed by atoms with Gasteiger partial charge in [0.05, 0.1) is 6.54 Å². The molecule has 0 amide bonds. The number of nitrogens with one attached hydrogen (secondary N) is 1. The maximum atomic E-state index is 4.35. The molecule has 104 valence electrons. The fraction of sp³-hybridized carbons (Fsp3) is 0.333. The first-order chi connectivity index (χ1) is 9.83. The standard InChI is InChI=1S/C15H19N5/c1-3-20-15(17-11-18-20)10-19-8-7-13-12(9-16-2)5-4-6-14(13)19/h4-8,11,16H,3,9-10H2,1-2H3. The first-order valence-electron chi connectivity index (χ1n) is 6.91. The van der Waals surface area contributed by atoms with E-state index < -0.39 is 0 Å². The van der Waals surface area contributed by atoms with Gasteiger partial charge >= 0.3 is 0 Å². The van der Waals surface area contributed by atoms with Crippen LogP contribution in [-0.4, -0.2) is 26.4 Å². The summed E-state index contributed by atoms with van der Waals surface area (Å²) in [5.74, 6) is 0.990. The highest BCUT2D eigenvalue weighted by Crippen LogP contribution is 2.21. The average Bonchev–Trinajstić information content (AvgIpc) is 3.07. The molecule has 0 spiro atoms. The van der Waals surface area contributed by atoms with Gasteiger partial charge in [-0.3, -0.25) is 0 Å². The summed E-state index contributed by atoms with van der Waals surface area (Å²) in [7, 11) is 1.97. The van der Waals surface area contributed by atoms with Crippen LogP contribution < -0.4 is 5.32 Å². The molecular weight excluding hydrogens is 250 g/mol. The second kappa shape index (κ2) is 5.46. The minimum atomic E-state index is 0.750. The van der Waals surface area contributed by atoms with Gasteiger partial charge in [0.1, 0.15) is 12.2 Å². The fourth-order valence-corrected chi connectivity index (χ4v) is 2.60. The molecule has 0 aliphatic carbocycles. The van der Waals surface area contributed by atoms with Crippen LogP contribution in [0.4, 0.5) is 0 Å². The monoisotopic (exact) mass is 269 g/mol. The molecule has 0 aliphatic heterocycles. The van der Waals surface area contributed by atoms with Gasteiger partial charge in [0, 0.05) is 30.2 Å². The number of hydrogen-bond donors (Lipinski definition) is 1. The van der Waals surface area contributed by atoms with Crippen molar-refractivity contribution in [1.82, 2.24) is 24.6 Å². The molecule has 0 radical (unpaired) electrons. The van der Waals surface area contributed by atoms with Gasteiger partial charge in [-0.15, -0.1) is 0 Å². The molecule has 2 heterocycles. The predicted octanol–water partition coefficient (Wildman–Crippen LogP) is 2.02. The average molecular weight is 269 g/mol. The summed E-state index contributed by atoms with van der Waals surface area (Å²) >= 11 is 0. The lowest BCUT2D eigenvalue weighted by Crippen LogP contribution is -2.08. The minimum absolute atomic E-state index is 0.750. The zero-order valence-electron chi connectivity index (χ0n) is 11.9. The van der Waals surface area contributed by atoms with Crippen LogP contribution in [0.1, 0.15) is 18.3 Å². The van der Waals surface area contributed by atoms with E-state index in [2.05, 4.69) is 57.4 Å². The molecule has 0 saturated carbocycles. The van der Waals surface area contributed by atoms with Crippen molar-refractivity contribution in [1.29, 1.82) is 0 Å². The fourth-order valence-electron chi connectivity index (χ4n) is 2.60. The minimum Gasteiger partial charge on any atom is -0.340 e. The zero-order valence-corrected chi connectivity index (χ0v) is 11.9. The molecule has 5 nitrogen and oxygen atoms in total. The predicted molar refractivity (Wildman–Crippen MR) is 79.5 cm³/mol. The van der Waals surface area contributed by atoms with Gasteiger partial charge in [0.2, 0.25) is 0 Å². The Morgan fingerprint density at radius 2 is 2.15 bits per heavy atom. The van der Waals surface area contributed by atoms with Gasteiger partial charge in [-0.1, -0.05) is 12.1 Å². The Morgan fingerprint density at radius 1 is 1.25 bits per heavy atom. The van der Waals surface area contributed by atoms with Crippen molar-refractivity contribution >= 4 is 10.9 Å². The topological polar surface area (TPSA) is 47.7 Å². The maximum Gasteiger partial charge on any atom is 0.146 e. The molecule has 0 unspecified atom stereocenters. The van der Waals surface area contributed by atoms with Crippen molar-refractivity contribution in [2.24, 2.45) is 0 Å². The summed E-state index contributed by atoms with van der Waals surface area (Å²) < 4.78 is 4.16. The van der Waals surface area contributed by atoms with Crippen LogP contribution in [0.3, 0.4) is 0 Å². The molecule has 0 bridgehead atoms. The van der Waals surface area contributed by atoms with Crippen LogP contribution in [0.15, 0.2) is 36.8 Å². The Morgan fingerprint density at radius 3 is 2.95 bits per heavy atom. The summed E-state index contributed by atoms with van der Waals surface area (Å²) in [6.45, 7) is 4.56. The van der Waals surface area contributed by atoms with E-state index in [0.29, 0.717) is 0 Å². The number of hydrogen-bond acceptors (Lipinski definition) is 3. The number of fused-ring (bicyclic) bond motifs is 1. The third kappa shape index (κ3) is 2.20. The largest absolute Gasteiger partial charge is 0.340 e. The van der Waals surface area contributed by atoms with Gasteiger partial charge in [0.25, 0.3) is 0 Å². The van der Waals surface area contributed by atoms with Crippen molar-refractivity contribution in [2.45, 2.75) is 26.6 Å². The molecule has 1 aromatic carbocycles. The SMILES string of the molecule is CCn1ncnc1Cn1ccc2c(CNC)cccc21. The van der Waals surface area contributed by atoms with E-state index in [-0.39, 0.29) is 0 Å². The number of nitrogens with zero attached hydrogens (tertiary/aromatic N) is 4. The Hall–Kier alpha value is -2.14. The second-order valence-electron chi connectivity index (χ2n) is 4.82. The Labute approximate surface area is 118 Å². The molecule has 20 heavy (non-hydrogen) atoms. The lowest BCUT2D eigenvalue weighted by molar-refractivity contribution is 0.597. The normalized spacial score (nSPS) is 11.3. The van der Waals surface area contributed by atoms with Crippen LogP contribution in [0.25, 0.3) is 10.9 Å². The van der Waals surface area contributed by atoms with Crippen LogP contribution in [0.5, 0.6) is 0 Å². The van der Waals surface area contributed by atoms with E-state index in [1.165, 1.54) is 16.5 Å². The van der Waals surface area contributed by atoms with E-state index in [1.807, 2.05) is 11.7 Å². The van der Waals surface area contributed by atoms with Gasteiger partial charge in [-0.05, 0) is 31.7 Å². The first kappa shape index (κ1) is 12.9. The van der Waals surface area contributed by atoms with E-state index in [9.17, 15) is 0 Å². The molecule has 2 aromatic heterocycles. The summed E-state index contributed by atoms with van der Waals surface area (Å²) in [5, 5.41) is 8.73. The molecule has 0 aliphatic rings. The number of aromatic nitrogens is 4. The maximum absolute atomic E-state index is 4.35. The summed E-state index contributed by atoms with van der Waals surface area (Å²) in [6.07, 6.45) is 3.75. The van der Waals surface area contributed by atoms with E-state index in [1.54, 1.807) is 6.33 Å². The van der Waals surface area contributed by atoms with Gasteiger partial charge < -0.3 is 9.88 Å². The lowest BCUT2D eigenvalue weighted by Gasteiger charge is -2.07. The molecule has 0 fully saturated rings. The summed E-state index contributed by atoms with van der Waals surface area (Å²) in [5.41, 5.74) is 2.56. The van der Waals surface area contributed by atoms with E-state index in [4.69, 9.17) is 0 Å². The van der Waals surface area contributed by atoms with Crippen molar-refractivity contribution in [3.63, 3.8) is 0 Å². The van der Waals surface area contributed by atoms with Crippen molar-refractivity contribution in [3.8, 4) is 0 Å². The van der Waals surface area contributed by atoms with Crippen LogP contribution >= 0.6 is 0 Å². The number of rotatable bonds is 5. The molecule has 0 atom stereocenters. The van der Waals surface area contributed by atoms with Crippen LogP contribution in [0, 0.1) is 0 Å². The van der Waals surface area contributed by atoms with Gasteiger partial charge in [-0.2, -0.15) is 5.10 Å². The zero-order chi connectivity index (χ0) is 13.9. The van der Waals surface area contributed by atoms with Crippen LogP contribution in [0.2, 0.25) is 0 Å². The molecule has 0 saturated heterocycles. The lowest BCUT2D eigenvalue weighted by atomic mass is 10.1. The molecule has 3 aromatic rings. The Bertz CT molecular complexity index is 710. The Kier molecular flexibility index (Phi) is 3.52. The summed E-state index contributed by atoms with van der Waals surface area (Å²) in [4.78, 5) is 4.35.